The van der Waals surface area contributed by atoms with Gasteiger partial charge in [-0.25, -0.2) is 13.2 Å². The third kappa shape index (κ3) is 5.30. The molecule has 2 aliphatic heterocycles. The number of benzene rings is 2. The van der Waals surface area contributed by atoms with Gasteiger partial charge < -0.3 is 19.1 Å². The number of carbonyl (C=O) groups is 1. The Labute approximate surface area is 231 Å². The van der Waals surface area contributed by atoms with Crippen LogP contribution in [0.3, 0.4) is 0 Å². The predicted molar refractivity (Wildman–Crippen MR) is 151 cm³/mol. The molecule has 0 aromatic heterocycles. The standard InChI is InChI=1S/C30H38N2O6S/c1-6-8-18-30(7-2)19-25-28(39(34,35)32(30)20-22-14-16-24(36-3)17-15-22)27(29(33)38-5)26(37-4)21-31(25)23-12-10-9-11-13-23/h9-17,21,25H,6-8,18-20H2,1-5H3. The van der Waals surface area contributed by atoms with Crippen molar-refractivity contribution in [3.8, 4) is 5.75 Å². The number of unbranched alkanes of at least 4 members (excludes halogenated alkanes) is 1. The highest BCUT2D eigenvalue weighted by atomic mass is 32.2. The van der Waals surface area contributed by atoms with E-state index in [2.05, 4.69) is 6.92 Å². The fourth-order valence-electron chi connectivity index (χ4n) is 5.71. The van der Waals surface area contributed by atoms with E-state index < -0.39 is 27.6 Å². The molecule has 1 fully saturated rings. The lowest BCUT2D eigenvalue weighted by molar-refractivity contribution is -0.136. The zero-order valence-electron chi connectivity index (χ0n) is 23.3. The summed E-state index contributed by atoms with van der Waals surface area (Å²) in [6.45, 7) is 4.33. The highest BCUT2D eigenvalue weighted by Crippen LogP contribution is 2.49. The largest absolute Gasteiger partial charge is 0.497 e. The topological polar surface area (TPSA) is 85.4 Å². The molecule has 2 heterocycles. The number of hydrogen-bond donors (Lipinski definition) is 0. The molecule has 0 bridgehead atoms. The molecule has 2 unspecified atom stereocenters. The summed E-state index contributed by atoms with van der Waals surface area (Å²) in [6, 6.07) is 16.4. The van der Waals surface area contributed by atoms with E-state index in [-0.39, 0.29) is 22.8 Å². The molecular weight excluding hydrogens is 516 g/mol. The van der Waals surface area contributed by atoms with Gasteiger partial charge in [-0.2, -0.15) is 4.31 Å². The average Bonchev–Trinajstić information content (AvgIpc) is 2.97. The van der Waals surface area contributed by atoms with Crippen molar-refractivity contribution in [2.24, 2.45) is 0 Å². The normalized spacial score (nSPS) is 22.6. The molecule has 8 nitrogen and oxygen atoms in total. The maximum atomic E-state index is 14.8. The van der Waals surface area contributed by atoms with Crippen LogP contribution in [0, 0.1) is 0 Å². The monoisotopic (exact) mass is 554 g/mol. The van der Waals surface area contributed by atoms with Gasteiger partial charge in [0.15, 0.2) is 5.76 Å². The van der Waals surface area contributed by atoms with Gasteiger partial charge in [-0.05, 0) is 49.1 Å². The third-order valence-electron chi connectivity index (χ3n) is 7.86. The average molecular weight is 555 g/mol. The van der Waals surface area contributed by atoms with Crippen LogP contribution in [0.15, 0.2) is 77.0 Å². The summed E-state index contributed by atoms with van der Waals surface area (Å²) >= 11 is 0. The lowest BCUT2D eigenvalue weighted by Gasteiger charge is -2.53. The van der Waals surface area contributed by atoms with Gasteiger partial charge in [-0.1, -0.05) is 57.0 Å². The maximum Gasteiger partial charge on any atom is 0.342 e. The van der Waals surface area contributed by atoms with Crippen LogP contribution in [0.1, 0.15) is 51.5 Å². The number of esters is 1. The third-order valence-corrected chi connectivity index (χ3v) is 9.99. The van der Waals surface area contributed by atoms with Gasteiger partial charge in [-0.15, -0.1) is 0 Å². The molecule has 0 aliphatic carbocycles. The summed E-state index contributed by atoms with van der Waals surface area (Å²) in [5.41, 5.74) is 0.954. The van der Waals surface area contributed by atoms with E-state index >= 15 is 0 Å². The zero-order valence-corrected chi connectivity index (χ0v) is 24.2. The number of nitrogens with zero attached hydrogens (tertiary/aromatic N) is 2. The number of fused-ring (bicyclic) bond motifs is 1. The molecule has 0 spiro atoms. The maximum absolute atomic E-state index is 14.8. The Morgan fingerprint density at radius 1 is 1.00 bits per heavy atom. The van der Waals surface area contributed by atoms with Crippen LogP contribution in [0.5, 0.6) is 5.75 Å². The van der Waals surface area contributed by atoms with Crippen molar-refractivity contribution in [1.82, 2.24) is 4.31 Å². The fourth-order valence-corrected chi connectivity index (χ4v) is 8.06. The van der Waals surface area contributed by atoms with Gasteiger partial charge in [0, 0.05) is 24.0 Å². The van der Waals surface area contributed by atoms with Crippen LogP contribution < -0.4 is 9.64 Å². The minimum Gasteiger partial charge on any atom is -0.497 e. The van der Waals surface area contributed by atoms with Crippen molar-refractivity contribution in [2.75, 3.05) is 26.2 Å². The molecule has 9 heteroatoms. The van der Waals surface area contributed by atoms with E-state index in [0.717, 1.165) is 24.1 Å². The van der Waals surface area contributed by atoms with E-state index in [0.29, 0.717) is 25.0 Å². The lowest BCUT2D eigenvalue weighted by Crippen LogP contribution is -2.61. The highest BCUT2D eigenvalue weighted by Gasteiger charge is 2.56. The Balaban J connectivity index is 1.96. The molecule has 0 N–H and O–H groups in total. The number of para-hydroxylation sites is 1. The molecule has 0 amide bonds. The molecule has 0 radical (unpaired) electrons. The first kappa shape index (κ1) is 28.7. The number of hydrogen-bond acceptors (Lipinski definition) is 7. The highest BCUT2D eigenvalue weighted by molar-refractivity contribution is 7.93. The SMILES string of the molecule is CCCCC1(CC)CC2C(=C(C(=O)OC)C(OC)=CN2c2ccccc2)S(=O)(=O)N1Cc1ccc(OC)cc1. The molecule has 1 saturated heterocycles. The Morgan fingerprint density at radius 3 is 2.26 bits per heavy atom. The number of methoxy groups -OCH3 is 3. The molecule has 210 valence electrons. The predicted octanol–water partition coefficient (Wildman–Crippen LogP) is 5.37. The molecule has 2 aromatic carbocycles. The number of ether oxygens (including phenoxy) is 3. The van der Waals surface area contributed by atoms with Crippen LogP contribution in [0.25, 0.3) is 0 Å². The van der Waals surface area contributed by atoms with Gasteiger partial charge in [0.1, 0.15) is 16.2 Å². The first-order chi connectivity index (χ1) is 18.8. The van der Waals surface area contributed by atoms with Crippen molar-refractivity contribution >= 4 is 21.7 Å². The second-order valence-corrected chi connectivity index (χ2v) is 11.8. The fraction of sp³-hybridized carbons (Fsp3) is 0.433. The first-order valence-electron chi connectivity index (χ1n) is 13.3. The summed E-state index contributed by atoms with van der Waals surface area (Å²) in [5.74, 6) is 0.119. The molecular formula is C30H38N2O6S. The quantitative estimate of drug-likeness (QED) is 0.365. The Morgan fingerprint density at radius 2 is 1.69 bits per heavy atom. The minimum absolute atomic E-state index is 0.0200. The van der Waals surface area contributed by atoms with Crippen molar-refractivity contribution in [2.45, 2.75) is 64.1 Å². The summed E-state index contributed by atoms with van der Waals surface area (Å²) in [4.78, 5) is 15.1. The van der Waals surface area contributed by atoms with E-state index in [1.54, 1.807) is 17.6 Å². The van der Waals surface area contributed by atoms with Gasteiger partial charge in [0.2, 0.25) is 10.0 Å². The van der Waals surface area contributed by atoms with Gasteiger partial charge in [-0.3, -0.25) is 0 Å². The van der Waals surface area contributed by atoms with E-state index in [4.69, 9.17) is 14.2 Å². The second-order valence-electron chi connectivity index (χ2n) is 9.93. The minimum atomic E-state index is -4.16. The first-order valence-corrected chi connectivity index (χ1v) is 14.8. The van der Waals surface area contributed by atoms with Crippen LogP contribution in [-0.2, 0) is 30.8 Å². The number of carbonyl (C=O) groups excluding carboxylic acids is 1. The van der Waals surface area contributed by atoms with Gasteiger partial charge in [0.05, 0.1) is 27.4 Å². The van der Waals surface area contributed by atoms with Crippen LogP contribution in [-0.4, -0.2) is 51.6 Å². The summed E-state index contributed by atoms with van der Waals surface area (Å²) < 4.78 is 47.2. The van der Waals surface area contributed by atoms with Crippen molar-refractivity contribution in [3.63, 3.8) is 0 Å². The molecule has 0 saturated carbocycles. The van der Waals surface area contributed by atoms with E-state index in [1.807, 2.05) is 66.4 Å². The van der Waals surface area contributed by atoms with Crippen LogP contribution in [0.4, 0.5) is 5.69 Å². The van der Waals surface area contributed by atoms with E-state index in [1.165, 1.54) is 14.2 Å². The number of anilines is 1. The summed E-state index contributed by atoms with van der Waals surface area (Å²) in [6.07, 6.45) is 5.39. The zero-order chi connectivity index (χ0) is 28.2. The number of rotatable bonds is 10. The van der Waals surface area contributed by atoms with E-state index in [9.17, 15) is 13.2 Å². The van der Waals surface area contributed by atoms with Crippen molar-refractivity contribution in [3.05, 3.63) is 82.6 Å². The van der Waals surface area contributed by atoms with Gasteiger partial charge in [0.25, 0.3) is 0 Å². The second kappa shape index (κ2) is 11.8. The van der Waals surface area contributed by atoms with Crippen LogP contribution >= 0.6 is 0 Å². The van der Waals surface area contributed by atoms with Crippen molar-refractivity contribution in [1.29, 1.82) is 0 Å². The Kier molecular flexibility index (Phi) is 8.71. The van der Waals surface area contributed by atoms with Crippen LogP contribution in [0.2, 0.25) is 0 Å². The molecule has 2 aliphatic rings. The van der Waals surface area contributed by atoms with Crippen molar-refractivity contribution < 1.29 is 27.4 Å². The molecule has 4 rings (SSSR count). The summed E-state index contributed by atoms with van der Waals surface area (Å²) in [7, 11) is 0.125. The van der Waals surface area contributed by atoms with Gasteiger partial charge >= 0.3 is 5.97 Å². The Bertz CT molecular complexity index is 1340. The summed E-state index contributed by atoms with van der Waals surface area (Å²) in [5, 5.41) is 0. The Hall–Kier alpha value is -3.30. The molecule has 2 atom stereocenters. The smallest absolute Gasteiger partial charge is 0.342 e. The lowest BCUT2D eigenvalue weighted by atomic mass is 9.81. The molecule has 39 heavy (non-hydrogen) atoms. The number of sulfonamides is 1. The molecule has 2 aromatic rings.